The van der Waals surface area contributed by atoms with Crippen LogP contribution in [0.1, 0.15) is 43.4 Å². The van der Waals surface area contributed by atoms with Gasteiger partial charge in [0.15, 0.2) is 0 Å². The Kier molecular flexibility index (Phi) is 10.9. The van der Waals surface area contributed by atoms with E-state index in [1.54, 1.807) is 16.7 Å². The van der Waals surface area contributed by atoms with E-state index in [2.05, 4.69) is 36.5 Å². The summed E-state index contributed by atoms with van der Waals surface area (Å²) in [5.41, 5.74) is 3.17. The highest BCUT2D eigenvalue weighted by Crippen LogP contribution is 2.22. The number of halogens is 1. The first-order valence-electron chi connectivity index (χ1n) is 12.4. The molecule has 0 unspecified atom stereocenters. The number of thioether (sulfide) groups is 1. The van der Waals surface area contributed by atoms with Crippen molar-refractivity contribution in [1.82, 2.24) is 10.2 Å². The van der Waals surface area contributed by atoms with Crippen LogP contribution in [0, 0.1) is 6.92 Å². The lowest BCUT2D eigenvalue weighted by Gasteiger charge is -2.32. The third-order valence-electron chi connectivity index (χ3n) is 6.14. The van der Waals surface area contributed by atoms with Crippen molar-refractivity contribution >= 4 is 35.2 Å². The zero-order chi connectivity index (χ0) is 25.9. The number of aryl methyl sites for hydroxylation is 1. The molecule has 0 aliphatic heterocycles. The van der Waals surface area contributed by atoms with Gasteiger partial charge in [-0.05, 0) is 55.7 Å². The second kappa shape index (κ2) is 14.1. The maximum atomic E-state index is 13.7. The second-order valence-electron chi connectivity index (χ2n) is 9.08. The summed E-state index contributed by atoms with van der Waals surface area (Å²) in [5.74, 6) is 0.482. The summed E-state index contributed by atoms with van der Waals surface area (Å²) >= 11 is 7.75. The highest BCUT2D eigenvalue weighted by molar-refractivity contribution is 7.99. The molecule has 2 amide bonds. The molecule has 0 fully saturated rings. The van der Waals surface area contributed by atoms with Gasteiger partial charge in [0.05, 0.1) is 0 Å². The van der Waals surface area contributed by atoms with E-state index in [1.165, 1.54) is 5.56 Å². The molecule has 0 saturated heterocycles. The fourth-order valence-corrected chi connectivity index (χ4v) is 4.78. The predicted octanol–water partition coefficient (Wildman–Crippen LogP) is 6.69. The summed E-state index contributed by atoms with van der Waals surface area (Å²) in [4.78, 5) is 30.0. The Bertz CT molecular complexity index is 1100. The normalized spacial score (nSPS) is 12.6. The zero-order valence-corrected chi connectivity index (χ0v) is 22.8. The number of hydrogen-bond donors (Lipinski definition) is 1. The Balaban J connectivity index is 1.84. The van der Waals surface area contributed by atoms with Gasteiger partial charge in [0.1, 0.15) is 6.04 Å². The monoisotopic (exact) mass is 522 g/mol. The molecule has 0 aliphatic carbocycles. The van der Waals surface area contributed by atoms with Crippen molar-refractivity contribution in [3.8, 4) is 0 Å². The van der Waals surface area contributed by atoms with Crippen LogP contribution in [0.15, 0.2) is 83.8 Å². The van der Waals surface area contributed by atoms with Crippen LogP contribution < -0.4 is 5.32 Å². The molecule has 0 spiro atoms. The van der Waals surface area contributed by atoms with Crippen molar-refractivity contribution in [2.45, 2.75) is 63.6 Å². The molecule has 0 aromatic heterocycles. The van der Waals surface area contributed by atoms with Crippen molar-refractivity contribution in [3.05, 3.63) is 101 Å². The number of carbonyl (C=O) groups excluding carboxylic acids is 2. The first-order chi connectivity index (χ1) is 17.4. The molecule has 3 aromatic rings. The first kappa shape index (κ1) is 27.8. The SMILES string of the molecule is CC[C@H](C)NC(=O)[C@H](Cc1ccccc1)N(Cc1ccc(Cl)cc1)C(=O)CCSc1ccc(C)cc1. The smallest absolute Gasteiger partial charge is 0.243 e. The van der Waals surface area contributed by atoms with Gasteiger partial charge in [0.25, 0.3) is 0 Å². The molecule has 3 aromatic carbocycles. The number of benzene rings is 3. The molecule has 1 N–H and O–H groups in total. The van der Waals surface area contributed by atoms with Crippen molar-refractivity contribution < 1.29 is 9.59 Å². The molecule has 0 saturated carbocycles. The van der Waals surface area contributed by atoms with Crippen LogP contribution in [0.25, 0.3) is 0 Å². The van der Waals surface area contributed by atoms with E-state index in [0.717, 1.165) is 22.4 Å². The third kappa shape index (κ3) is 8.72. The van der Waals surface area contributed by atoms with Crippen LogP contribution in [0.4, 0.5) is 0 Å². The highest BCUT2D eigenvalue weighted by atomic mass is 35.5. The van der Waals surface area contributed by atoms with E-state index in [1.807, 2.05) is 68.4 Å². The summed E-state index contributed by atoms with van der Waals surface area (Å²) in [5, 5.41) is 3.75. The Morgan fingerprint density at radius 2 is 1.61 bits per heavy atom. The molecule has 36 heavy (non-hydrogen) atoms. The van der Waals surface area contributed by atoms with Crippen LogP contribution in [-0.2, 0) is 22.6 Å². The van der Waals surface area contributed by atoms with Gasteiger partial charge in [-0.3, -0.25) is 9.59 Å². The number of nitrogens with zero attached hydrogens (tertiary/aromatic N) is 1. The number of carbonyl (C=O) groups is 2. The highest BCUT2D eigenvalue weighted by Gasteiger charge is 2.30. The van der Waals surface area contributed by atoms with Crippen molar-refractivity contribution in [2.24, 2.45) is 0 Å². The van der Waals surface area contributed by atoms with E-state index in [0.29, 0.717) is 30.2 Å². The fraction of sp³-hybridized carbons (Fsp3) is 0.333. The minimum absolute atomic E-state index is 0.0281. The minimum Gasteiger partial charge on any atom is -0.352 e. The summed E-state index contributed by atoms with van der Waals surface area (Å²) in [6, 6.07) is 25.1. The van der Waals surface area contributed by atoms with Crippen LogP contribution >= 0.6 is 23.4 Å². The standard InChI is InChI=1S/C30H35ClN2O2S/c1-4-23(3)32-30(35)28(20-24-8-6-5-7-9-24)33(21-25-12-14-26(31)15-13-25)29(34)18-19-36-27-16-10-22(2)11-17-27/h5-17,23,28H,4,18-21H2,1-3H3,(H,32,35)/t23-,28-/m0/s1. The molecular weight excluding hydrogens is 488 g/mol. The van der Waals surface area contributed by atoms with Gasteiger partial charge in [-0.15, -0.1) is 11.8 Å². The lowest BCUT2D eigenvalue weighted by atomic mass is 10.0. The number of nitrogens with one attached hydrogen (secondary N) is 1. The minimum atomic E-state index is -0.617. The van der Waals surface area contributed by atoms with Gasteiger partial charge in [-0.2, -0.15) is 0 Å². The molecule has 4 nitrogen and oxygen atoms in total. The molecule has 0 bridgehead atoms. The largest absolute Gasteiger partial charge is 0.352 e. The lowest BCUT2D eigenvalue weighted by molar-refractivity contribution is -0.141. The lowest BCUT2D eigenvalue weighted by Crippen LogP contribution is -2.52. The maximum Gasteiger partial charge on any atom is 0.243 e. The summed E-state index contributed by atoms with van der Waals surface area (Å²) in [6.07, 6.45) is 1.61. The van der Waals surface area contributed by atoms with Gasteiger partial charge in [-0.25, -0.2) is 0 Å². The average molecular weight is 523 g/mol. The topological polar surface area (TPSA) is 49.4 Å². The van der Waals surface area contributed by atoms with Gasteiger partial charge in [0, 0.05) is 41.1 Å². The summed E-state index contributed by atoms with van der Waals surface area (Å²) in [7, 11) is 0. The van der Waals surface area contributed by atoms with Gasteiger partial charge in [-0.1, -0.05) is 78.7 Å². The summed E-state index contributed by atoms with van der Waals surface area (Å²) in [6.45, 7) is 6.43. The Hall–Kier alpha value is -2.76. The molecular formula is C30H35ClN2O2S. The van der Waals surface area contributed by atoms with Crippen molar-refractivity contribution in [1.29, 1.82) is 0 Å². The van der Waals surface area contributed by atoms with E-state index < -0.39 is 6.04 Å². The van der Waals surface area contributed by atoms with Crippen LogP contribution in [0.5, 0.6) is 0 Å². The molecule has 0 radical (unpaired) electrons. The average Bonchev–Trinajstić information content (AvgIpc) is 2.88. The zero-order valence-electron chi connectivity index (χ0n) is 21.2. The van der Waals surface area contributed by atoms with Gasteiger partial charge < -0.3 is 10.2 Å². The number of amides is 2. The quantitative estimate of drug-likeness (QED) is 0.270. The van der Waals surface area contributed by atoms with Gasteiger partial charge in [0.2, 0.25) is 11.8 Å². The first-order valence-corrected chi connectivity index (χ1v) is 13.8. The Morgan fingerprint density at radius 3 is 2.25 bits per heavy atom. The molecule has 190 valence electrons. The van der Waals surface area contributed by atoms with Crippen LogP contribution in [-0.4, -0.2) is 34.6 Å². The molecule has 3 rings (SSSR count). The molecule has 0 heterocycles. The van der Waals surface area contributed by atoms with E-state index in [4.69, 9.17) is 11.6 Å². The van der Waals surface area contributed by atoms with Gasteiger partial charge >= 0.3 is 0 Å². The molecule has 0 aliphatic rings. The van der Waals surface area contributed by atoms with Crippen LogP contribution in [0.3, 0.4) is 0 Å². The van der Waals surface area contributed by atoms with E-state index in [9.17, 15) is 9.59 Å². The number of rotatable bonds is 12. The fourth-order valence-electron chi connectivity index (χ4n) is 3.82. The van der Waals surface area contributed by atoms with E-state index in [-0.39, 0.29) is 17.9 Å². The summed E-state index contributed by atoms with van der Waals surface area (Å²) < 4.78 is 0. The molecule has 2 atom stereocenters. The van der Waals surface area contributed by atoms with Crippen LogP contribution in [0.2, 0.25) is 5.02 Å². The van der Waals surface area contributed by atoms with Crippen molar-refractivity contribution in [2.75, 3.05) is 5.75 Å². The second-order valence-corrected chi connectivity index (χ2v) is 10.7. The third-order valence-corrected chi connectivity index (χ3v) is 7.41. The Labute approximate surface area is 224 Å². The predicted molar refractivity (Wildman–Crippen MR) is 150 cm³/mol. The number of hydrogen-bond acceptors (Lipinski definition) is 3. The van der Waals surface area contributed by atoms with Crippen molar-refractivity contribution in [3.63, 3.8) is 0 Å². The Morgan fingerprint density at radius 1 is 0.944 bits per heavy atom. The molecule has 6 heteroatoms. The maximum absolute atomic E-state index is 13.7. The van der Waals surface area contributed by atoms with E-state index >= 15 is 0 Å².